The molecule has 2 rings (SSSR count). The predicted octanol–water partition coefficient (Wildman–Crippen LogP) is 4.32. The van der Waals surface area contributed by atoms with Crippen molar-refractivity contribution in [3.63, 3.8) is 0 Å². The molecule has 1 aliphatic rings. The van der Waals surface area contributed by atoms with E-state index in [1.165, 1.54) is 4.90 Å². The fourth-order valence-corrected chi connectivity index (χ4v) is 3.06. The molecular formula is C19H26ClNO5. The molecule has 0 spiro atoms. The highest BCUT2D eigenvalue weighted by atomic mass is 35.5. The highest BCUT2D eigenvalue weighted by molar-refractivity contribution is 6.30. The molecule has 1 saturated heterocycles. The summed E-state index contributed by atoms with van der Waals surface area (Å²) in [4.78, 5) is 26.8. The summed E-state index contributed by atoms with van der Waals surface area (Å²) in [6.45, 7) is 10.7. The van der Waals surface area contributed by atoms with Gasteiger partial charge in [-0.25, -0.2) is 9.59 Å². The van der Waals surface area contributed by atoms with Gasteiger partial charge in [-0.05, 0) is 59.2 Å². The van der Waals surface area contributed by atoms with Crippen LogP contribution in [0, 0.1) is 0 Å². The number of hydrogen-bond donors (Lipinski definition) is 0. The van der Waals surface area contributed by atoms with E-state index < -0.39 is 35.5 Å². The topological polar surface area (TPSA) is 65.1 Å². The Morgan fingerprint density at radius 2 is 1.81 bits per heavy atom. The van der Waals surface area contributed by atoms with Crippen molar-refractivity contribution in [2.75, 3.05) is 6.61 Å². The third kappa shape index (κ3) is 4.48. The zero-order valence-corrected chi connectivity index (χ0v) is 16.8. The van der Waals surface area contributed by atoms with Crippen molar-refractivity contribution in [3.8, 4) is 0 Å². The van der Waals surface area contributed by atoms with Crippen LogP contribution in [0.2, 0.25) is 5.02 Å². The average Bonchev–Trinajstić information content (AvgIpc) is 2.78. The van der Waals surface area contributed by atoms with Crippen LogP contribution in [0.5, 0.6) is 0 Å². The lowest BCUT2D eigenvalue weighted by atomic mass is 10.0. The number of nitrogens with zero attached hydrogens (tertiary/aromatic N) is 1. The number of rotatable bonds is 3. The largest absolute Gasteiger partial charge is 0.464 e. The minimum atomic E-state index is -1.05. The van der Waals surface area contributed by atoms with Crippen LogP contribution in [0.3, 0.4) is 0 Å². The molecule has 0 aliphatic carbocycles. The lowest BCUT2D eigenvalue weighted by Gasteiger charge is -2.35. The fraction of sp³-hybridized carbons (Fsp3) is 0.579. The van der Waals surface area contributed by atoms with E-state index >= 15 is 0 Å². The Morgan fingerprint density at radius 3 is 2.31 bits per heavy atom. The third-order valence-corrected chi connectivity index (χ3v) is 4.13. The van der Waals surface area contributed by atoms with Crippen molar-refractivity contribution in [1.29, 1.82) is 0 Å². The van der Waals surface area contributed by atoms with E-state index in [1.54, 1.807) is 65.8 Å². The van der Waals surface area contributed by atoms with Crippen LogP contribution in [-0.2, 0) is 19.0 Å². The molecule has 26 heavy (non-hydrogen) atoms. The molecule has 6 nitrogen and oxygen atoms in total. The minimum absolute atomic E-state index is 0.221. The molecule has 1 heterocycles. The Bertz CT molecular complexity index is 666. The normalized spacial score (nSPS) is 22.2. The molecule has 0 aromatic heterocycles. The molecule has 0 bridgehead atoms. The number of esters is 1. The standard InChI is InChI=1S/C19H26ClNO5/c1-7-24-16(22)15-14(12-8-10-13(20)11-9-12)21(19(5,6)25-15)17(23)26-18(2,3)4/h8-11,14-15H,7H2,1-6H3/t14-,15+/m0/s1. The second kappa shape index (κ2) is 7.45. The Balaban J connectivity index is 2.48. The molecular weight excluding hydrogens is 358 g/mol. The first kappa shape index (κ1) is 20.5. The van der Waals surface area contributed by atoms with Gasteiger partial charge in [0.15, 0.2) is 6.10 Å². The summed E-state index contributed by atoms with van der Waals surface area (Å²) in [7, 11) is 0. The number of carbonyl (C=O) groups is 2. The van der Waals surface area contributed by atoms with Crippen LogP contribution in [0.15, 0.2) is 24.3 Å². The van der Waals surface area contributed by atoms with Gasteiger partial charge >= 0.3 is 12.1 Å². The number of benzene rings is 1. The minimum Gasteiger partial charge on any atom is -0.464 e. The van der Waals surface area contributed by atoms with Crippen LogP contribution in [0.4, 0.5) is 4.79 Å². The van der Waals surface area contributed by atoms with E-state index in [0.29, 0.717) is 10.6 Å². The predicted molar refractivity (Wildman–Crippen MR) is 97.9 cm³/mol. The molecule has 2 atom stereocenters. The maximum absolute atomic E-state index is 12.9. The summed E-state index contributed by atoms with van der Waals surface area (Å²) in [5.74, 6) is -0.522. The number of amides is 1. The summed E-state index contributed by atoms with van der Waals surface area (Å²) in [6, 6.07) is 6.26. The number of ether oxygens (including phenoxy) is 3. The zero-order chi connectivity index (χ0) is 19.7. The summed E-state index contributed by atoms with van der Waals surface area (Å²) in [5, 5.41) is 0.559. The van der Waals surface area contributed by atoms with Gasteiger partial charge < -0.3 is 14.2 Å². The second-order valence-corrected chi connectivity index (χ2v) is 8.02. The first-order valence-electron chi connectivity index (χ1n) is 8.58. The SMILES string of the molecule is CCOC(=O)[C@@H]1OC(C)(C)N(C(=O)OC(C)(C)C)[C@H]1c1ccc(Cl)cc1. The molecule has 1 amide bonds. The third-order valence-electron chi connectivity index (χ3n) is 3.88. The molecule has 1 aliphatic heterocycles. The van der Waals surface area contributed by atoms with Crippen molar-refractivity contribution >= 4 is 23.7 Å². The number of carbonyl (C=O) groups excluding carboxylic acids is 2. The maximum Gasteiger partial charge on any atom is 0.413 e. The van der Waals surface area contributed by atoms with Gasteiger partial charge in [0, 0.05) is 5.02 Å². The van der Waals surface area contributed by atoms with Crippen LogP contribution in [0.25, 0.3) is 0 Å². The average molecular weight is 384 g/mol. The summed E-state index contributed by atoms with van der Waals surface area (Å²) >= 11 is 5.98. The monoisotopic (exact) mass is 383 g/mol. The molecule has 1 aromatic carbocycles. The Morgan fingerprint density at radius 1 is 1.23 bits per heavy atom. The van der Waals surface area contributed by atoms with Gasteiger partial charge in [-0.3, -0.25) is 4.90 Å². The van der Waals surface area contributed by atoms with Gasteiger partial charge in [0.2, 0.25) is 0 Å². The van der Waals surface area contributed by atoms with Gasteiger partial charge in [0.05, 0.1) is 6.61 Å². The highest BCUT2D eigenvalue weighted by Gasteiger charge is 2.55. The van der Waals surface area contributed by atoms with Gasteiger partial charge in [0.25, 0.3) is 0 Å². The van der Waals surface area contributed by atoms with E-state index in [-0.39, 0.29) is 6.61 Å². The van der Waals surface area contributed by atoms with E-state index in [2.05, 4.69) is 0 Å². The van der Waals surface area contributed by atoms with Crippen LogP contribution < -0.4 is 0 Å². The van der Waals surface area contributed by atoms with E-state index in [9.17, 15) is 9.59 Å². The van der Waals surface area contributed by atoms with E-state index in [4.69, 9.17) is 25.8 Å². The Hall–Kier alpha value is -1.79. The molecule has 1 aromatic rings. The molecule has 0 radical (unpaired) electrons. The lowest BCUT2D eigenvalue weighted by Crippen LogP contribution is -2.47. The Labute approximate surface area is 159 Å². The Kier molecular flexibility index (Phi) is 5.88. The maximum atomic E-state index is 12.9. The highest BCUT2D eigenvalue weighted by Crippen LogP contribution is 2.43. The van der Waals surface area contributed by atoms with Crippen molar-refractivity contribution in [2.24, 2.45) is 0 Å². The number of hydrogen-bond acceptors (Lipinski definition) is 5. The first-order chi connectivity index (χ1) is 12.0. The van der Waals surface area contributed by atoms with Gasteiger partial charge in [0.1, 0.15) is 17.4 Å². The summed E-state index contributed by atoms with van der Waals surface area (Å²) in [5.41, 5.74) is -1.02. The van der Waals surface area contributed by atoms with Crippen LogP contribution in [-0.4, -0.2) is 41.0 Å². The first-order valence-corrected chi connectivity index (χ1v) is 8.96. The quantitative estimate of drug-likeness (QED) is 0.727. The lowest BCUT2D eigenvalue weighted by molar-refractivity contribution is -0.161. The van der Waals surface area contributed by atoms with Gasteiger partial charge in [-0.15, -0.1) is 0 Å². The molecule has 144 valence electrons. The van der Waals surface area contributed by atoms with Crippen molar-refractivity contribution in [3.05, 3.63) is 34.9 Å². The molecule has 0 unspecified atom stereocenters. The summed E-state index contributed by atoms with van der Waals surface area (Å²) in [6.07, 6.45) is -1.52. The number of halogens is 1. The molecule has 7 heteroatoms. The zero-order valence-electron chi connectivity index (χ0n) is 16.0. The summed E-state index contributed by atoms with van der Waals surface area (Å²) < 4.78 is 16.6. The van der Waals surface area contributed by atoms with Crippen molar-refractivity contribution in [1.82, 2.24) is 4.90 Å². The van der Waals surface area contributed by atoms with Crippen LogP contribution >= 0.6 is 11.6 Å². The van der Waals surface area contributed by atoms with Crippen LogP contribution in [0.1, 0.15) is 53.1 Å². The smallest absolute Gasteiger partial charge is 0.413 e. The van der Waals surface area contributed by atoms with E-state index in [0.717, 1.165) is 0 Å². The van der Waals surface area contributed by atoms with Crippen molar-refractivity contribution in [2.45, 2.75) is 65.0 Å². The van der Waals surface area contributed by atoms with Crippen molar-refractivity contribution < 1.29 is 23.8 Å². The van der Waals surface area contributed by atoms with Gasteiger partial charge in [-0.2, -0.15) is 0 Å². The second-order valence-electron chi connectivity index (χ2n) is 7.58. The molecule has 0 N–H and O–H groups in total. The molecule has 0 saturated carbocycles. The van der Waals surface area contributed by atoms with E-state index in [1.807, 2.05) is 0 Å². The van der Waals surface area contributed by atoms with Gasteiger partial charge in [-0.1, -0.05) is 23.7 Å². The fourth-order valence-electron chi connectivity index (χ4n) is 2.93. The molecule has 1 fully saturated rings.